The summed E-state index contributed by atoms with van der Waals surface area (Å²) in [5, 5.41) is 3.37. The number of oxazole rings is 1. The molecular formula is C14H20N2O2. The summed E-state index contributed by atoms with van der Waals surface area (Å²) in [6.45, 7) is 7.19. The molecule has 0 spiro atoms. The maximum atomic E-state index is 5.72. The molecule has 0 bridgehead atoms. The van der Waals surface area contributed by atoms with E-state index in [2.05, 4.69) is 24.1 Å². The van der Waals surface area contributed by atoms with Gasteiger partial charge in [-0.1, -0.05) is 13.8 Å². The lowest BCUT2D eigenvalue weighted by Gasteiger charge is -2.05. The summed E-state index contributed by atoms with van der Waals surface area (Å²) in [4.78, 5) is 4.29. The van der Waals surface area contributed by atoms with E-state index >= 15 is 0 Å². The Labute approximate surface area is 107 Å². The Morgan fingerprint density at radius 3 is 2.89 bits per heavy atom. The van der Waals surface area contributed by atoms with Gasteiger partial charge in [0.25, 0.3) is 0 Å². The highest BCUT2D eigenvalue weighted by molar-refractivity contribution is 5.58. The molecule has 0 aromatic carbocycles. The van der Waals surface area contributed by atoms with Crippen molar-refractivity contribution in [3.8, 4) is 11.3 Å². The van der Waals surface area contributed by atoms with Gasteiger partial charge in [0, 0.05) is 12.5 Å². The molecule has 2 aromatic heterocycles. The molecule has 98 valence electrons. The maximum absolute atomic E-state index is 5.72. The molecular weight excluding hydrogens is 228 g/mol. The minimum absolute atomic E-state index is 0.527. The van der Waals surface area contributed by atoms with Gasteiger partial charge in [-0.05, 0) is 26.0 Å². The van der Waals surface area contributed by atoms with Gasteiger partial charge >= 0.3 is 0 Å². The summed E-state index contributed by atoms with van der Waals surface area (Å²) >= 11 is 0. The van der Waals surface area contributed by atoms with Crippen molar-refractivity contribution in [1.29, 1.82) is 0 Å². The Morgan fingerprint density at radius 2 is 2.22 bits per heavy atom. The van der Waals surface area contributed by atoms with Gasteiger partial charge in [-0.3, -0.25) is 0 Å². The van der Waals surface area contributed by atoms with Gasteiger partial charge in [0.2, 0.25) is 0 Å². The molecule has 2 aromatic rings. The molecule has 18 heavy (non-hydrogen) atoms. The monoisotopic (exact) mass is 248 g/mol. The maximum Gasteiger partial charge on any atom is 0.194 e. The molecule has 0 amide bonds. The molecule has 4 heteroatoms. The molecule has 2 heterocycles. The van der Waals surface area contributed by atoms with Crippen LogP contribution in [-0.2, 0) is 6.42 Å². The smallest absolute Gasteiger partial charge is 0.194 e. The highest BCUT2D eigenvalue weighted by Crippen LogP contribution is 2.25. The van der Waals surface area contributed by atoms with Crippen molar-refractivity contribution in [1.82, 2.24) is 10.3 Å². The molecule has 1 N–H and O–H groups in total. The zero-order valence-electron chi connectivity index (χ0n) is 11.2. The molecule has 0 fully saturated rings. The van der Waals surface area contributed by atoms with Crippen LogP contribution in [0, 0.1) is 6.92 Å². The first-order valence-corrected chi connectivity index (χ1v) is 6.39. The van der Waals surface area contributed by atoms with Gasteiger partial charge in [0.05, 0.1) is 18.0 Å². The van der Waals surface area contributed by atoms with Crippen LogP contribution in [0.5, 0.6) is 0 Å². The van der Waals surface area contributed by atoms with Crippen LogP contribution < -0.4 is 5.32 Å². The zero-order valence-corrected chi connectivity index (χ0v) is 11.2. The second-order valence-corrected chi connectivity index (χ2v) is 4.72. The fourth-order valence-corrected chi connectivity index (χ4v) is 1.82. The van der Waals surface area contributed by atoms with Gasteiger partial charge in [-0.2, -0.15) is 0 Å². The van der Waals surface area contributed by atoms with Crippen molar-refractivity contribution in [2.45, 2.75) is 39.7 Å². The lowest BCUT2D eigenvalue weighted by molar-refractivity contribution is 0.482. The summed E-state index contributed by atoms with van der Waals surface area (Å²) in [6, 6.07) is 2.43. The van der Waals surface area contributed by atoms with E-state index in [4.69, 9.17) is 8.83 Å². The first kappa shape index (κ1) is 12.9. The van der Waals surface area contributed by atoms with Crippen LogP contribution in [0.15, 0.2) is 27.4 Å². The fourth-order valence-electron chi connectivity index (χ4n) is 1.82. The SMILES string of the molecule is Cc1occc1-c1cnc(CCCNC(C)C)o1. The topological polar surface area (TPSA) is 51.2 Å². The Morgan fingerprint density at radius 1 is 1.39 bits per heavy atom. The first-order chi connectivity index (χ1) is 8.66. The van der Waals surface area contributed by atoms with E-state index in [1.165, 1.54) is 0 Å². The van der Waals surface area contributed by atoms with E-state index < -0.39 is 0 Å². The number of rotatable bonds is 6. The first-order valence-electron chi connectivity index (χ1n) is 6.39. The van der Waals surface area contributed by atoms with Crippen LogP contribution in [0.4, 0.5) is 0 Å². The van der Waals surface area contributed by atoms with E-state index in [9.17, 15) is 0 Å². The minimum atomic E-state index is 0.527. The third-order valence-electron chi connectivity index (χ3n) is 2.80. The molecule has 0 saturated heterocycles. The van der Waals surface area contributed by atoms with E-state index in [1.54, 1.807) is 12.5 Å². The number of furan rings is 1. The zero-order chi connectivity index (χ0) is 13.0. The highest BCUT2D eigenvalue weighted by atomic mass is 16.4. The Kier molecular flexibility index (Phi) is 4.20. The molecule has 0 aliphatic rings. The van der Waals surface area contributed by atoms with Crippen molar-refractivity contribution >= 4 is 0 Å². The van der Waals surface area contributed by atoms with Crippen LogP contribution in [0.3, 0.4) is 0 Å². The summed E-state index contributed by atoms with van der Waals surface area (Å²) in [5.74, 6) is 2.43. The Hall–Kier alpha value is -1.55. The number of aromatic nitrogens is 1. The predicted molar refractivity (Wildman–Crippen MR) is 70.4 cm³/mol. The Bertz CT molecular complexity index is 485. The average molecular weight is 248 g/mol. The summed E-state index contributed by atoms with van der Waals surface area (Å²) < 4.78 is 11.0. The van der Waals surface area contributed by atoms with Crippen LogP contribution >= 0.6 is 0 Å². The van der Waals surface area contributed by atoms with E-state index in [0.29, 0.717) is 6.04 Å². The largest absolute Gasteiger partial charge is 0.469 e. The number of hydrogen-bond acceptors (Lipinski definition) is 4. The van der Waals surface area contributed by atoms with Crippen molar-refractivity contribution in [2.24, 2.45) is 0 Å². The summed E-state index contributed by atoms with van der Waals surface area (Å²) in [5.41, 5.74) is 0.981. The second kappa shape index (κ2) is 5.87. The normalized spacial score (nSPS) is 11.3. The molecule has 2 rings (SSSR count). The molecule has 0 aliphatic heterocycles. The van der Waals surface area contributed by atoms with E-state index in [-0.39, 0.29) is 0 Å². The van der Waals surface area contributed by atoms with Crippen LogP contribution in [0.2, 0.25) is 0 Å². The van der Waals surface area contributed by atoms with Gasteiger partial charge in [-0.25, -0.2) is 4.98 Å². The lowest BCUT2D eigenvalue weighted by atomic mass is 10.2. The molecule has 0 aliphatic carbocycles. The molecule has 0 saturated carbocycles. The molecule has 0 unspecified atom stereocenters. The fraction of sp³-hybridized carbons (Fsp3) is 0.500. The highest BCUT2D eigenvalue weighted by Gasteiger charge is 2.10. The number of nitrogens with zero attached hydrogens (tertiary/aromatic N) is 1. The van der Waals surface area contributed by atoms with Crippen LogP contribution in [0.1, 0.15) is 31.9 Å². The summed E-state index contributed by atoms with van der Waals surface area (Å²) in [7, 11) is 0. The quantitative estimate of drug-likeness (QED) is 0.798. The van der Waals surface area contributed by atoms with Crippen molar-refractivity contribution in [2.75, 3.05) is 6.54 Å². The van der Waals surface area contributed by atoms with Crippen LogP contribution in [-0.4, -0.2) is 17.6 Å². The number of aryl methyl sites for hydroxylation is 2. The van der Waals surface area contributed by atoms with Gasteiger partial charge in [0.1, 0.15) is 5.76 Å². The Balaban J connectivity index is 1.89. The molecule has 4 nitrogen and oxygen atoms in total. The summed E-state index contributed by atoms with van der Waals surface area (Å²) in [6.07, 6.45) is 5.32. The van der Waals surface area contributed by atoms with Gasteiger partial charge in [-0.15, -0.1) is 0 Å². The predicted octanol–water partition coefficient (Wildman–Crippen LogP) is 3.17. The van der Waals surface area contributed by atoms with Crippen LogP contribution in [0.25, 0.3) is 11.3 Å². The van der Waals surface area contributed by atoms with E-state index in [1.807, 2.05) is 13.0 Å². The third-order valence-corrected chi connectivity index (χ3v) is 2.80. The van der Waals surface area contributed by atoms with Crippen molar-refractivity contribution in [3.05, 3.63) is 30.2 Å². The van der Waals surface area contributed by atoms with Gasteiger partial charge in [0.15, 0.2) is 11.7 Å². The van der Waals surface area contributed by atoms with E-state index in [0.717, 1.165) is 42.4 Å². The van der Waals surface area contributed by atoms with Gasteiger partial charge < -0.3 is 14.2 Å². The van der Waals surface area contributed by atoms with Crippen molar-refractivity contribution < 1.29 is 8.83 Å². The molecule has 0 atom stereocenters. The average Bonchev–Trinajstić information content (AvgIpc) is 2.92. The third kappa shape index (κ3) is 3.23. The minimum Gasteiger partial charge on any atom is -0.469 e. The standard InChI is InChI=1S/C14H20N2O2/c1-10(2)15-7-4-5-14-16-9-13(18-14)12-6-8-17-11(12)3/h6,8-10,15H,4-5,7H2,1-3H3. The number of nitrogens with one attached hydrogen (secondary N) is 1. The second-order valence-electron chi connectivity index (χ2n) is 4.72. The number of hydrogen-bond donors (Lipinski definition) is 1. The lowest BCUT2D eigenvalue weighted by Crippen LogP contribution is -2.23. The molecule has 0 radical (unpaired) electrons. The van der Waals surface area contributed by atoms with Crippen molar-refractivity contribution in [3.63, 3.8) is 0 Å².